The predicted octanol–water partition coefficient (Wildman–Crippen LogP) is 7.34. The molecule has 0 fully saturated rings. The van der Waals surface area contributed by atoms with Crippen LogP contribution in [0.1, 0.15) is 35.3 Å². The third-order valence-electron chi connectivity index (χ3n) is 6.93. The lowest BCUT2D eigenvalue weighted by Crippen LogP contribution is -2.32. The van der Waals surface area contributed by atoms with Crippen LogP contribution >= 0.6 is 0 Å². The number of halogens is 3. The van der Waals surface area contributed by atoms with Crippen molar-refractivity contribution in [2.24, 2.45) is 0 Å². The zero-order chi connectivity index (χ0) is 29.6. The molecule has 0 radical (unpaired) electrons. The van der Waals surface area contributed by atoms with E-state index in [1.165, 1.54) is 18.2 Å². The molecule has 0 bridgehead atoms. The topological polar surface area (TPSA) is 51.2 Å². The molecular formula is C35H27F3N2O2. The number of benzene rings is 4. The number of nitrogens with one attached hydrogen (secondary N) is 1. The fourth-order valence-corrected chi connectivity index (χ4v) is 5.06. The summed E-state index contributed by atoms with van der Waals surface area (Å²) < 4.78 is 48.0. The van der Waals surface area contributed by atoms with Crippen molar-refractivity contribution in [3.8, 4) is 28.7 Å². The van der Waals surface area contributed by atoms with Crippen LogP contribution in [-0.2, 0) is 17.6 Å². The molecule has 5 rings (SSSR count). The third kappa shape index (κ3) is 6.45. The molecule has 1 N–H and O–H groups in total. The van der Waals surface area contributed by atoms with E-state index in [0.29, 0.717) is 28.1 Å². The van der Waals surface area contributed by atoms with Crippen LogP contribution in [-0.4, -0.2) is 18.0 Å². The number of ether oxygens (including phenoxy) is 1. The maximum atomic E-state index is 14.4. The molecule has 0 aliphatic heterocycles. The number of methoxy groups -OCH3 is 1. The van der Waals surface area contributed by atoms with Crippen molar-refractivity contribution in [1.82, 2.24) is 10.3 Å². The number of carbonyl (C=O) groups excluding carboxylic acids is 1. The van der Waals surface area contributed by atoms with Crippen molar-refractivity contribution in [3.05, 3.63) is 131 Å². The Balaban J connectivity index is 1.53. The van der Waals surface area contributed by atoms with Crippen LogP contribution in [0.3, 0.4) is 0 Å². The first-order valence-electron chi connectivity index (χ1n) is 13.3. The summed E-state index contributed by atoms with van der Waals surface area (Å²) in [5, 5.41) is 4.88. The van der Waals surface area contributed by atoms with E-state index in [4.69, 9.17) is 4.74 Å². The van der Waals surface area contributed by atoms with Crippen molar-refractivity contribution >= 4 is 16.7 Å². The molecule has 0 spiro atoms. The number of rotatable bonds is 8. The highest BCUT2D eigenvalue weighted by atomic mass is 19.1. The summed E-state index contributed by atoms with van der Waals surface area (Å²) in [6.07, 6.45) is 1.70. The van der Waals surface area contributed by atoms with Crippen LogP contribution in [0.15, 0.2) is 91.1 Å². The van der Waals surface area contributed by atoms with Gasteiger partial charge in [-0.2, -0.15) is 0 Å². The van der Waals surface area contributed by atoms with Gasteiger partial charge in [0.15, 0.2) is 0 Å². The summed E-state index contributed by atoms with van der Waals surface area (Å²) in [4.78, 5) is 18.1. The number of hydrogen-bond acceptors (Lipinski definition) is 3. The smallest absolute Gasteiger partial charge is 0.224 e. The van der Waals surface area contributed by atoms with Gasteiger partial charge in [-0.15, -0.1) is 5.92 Å². The van der Waals surface area contributed by atoms with Gasteiger partial charge in [0, 0.05) is 17.8 Å². The first kappa shape index (κ1) is 28.4. The average molecular weight is 565 g/mol. The maximum Gasteiger partial charge on any atom is 0.224 e. The van der Waals surface area contributed by atoms with E-state index in [1.54, 1.807) is 44.5 Å². The zero-order valence-electron chi connectivity index (χ0n) is 23.0. The molecule has 5 aromatic rings. The van der Waals surface area contributed by atoms with Gasteiger partial charge in [0.1, 0.15) is 23.2 Å². The summed E-state index contributed by atoms with van der Waals surface area (Å²) >= 11 is 0. The number of aromatic nitrogens is 1. The van der Waals surface area contributed by atoms with Gasteiger partial charge in [-0.3, -0.25) is 9.78 Å². The zero-order valence-corrected chi connectivity index (χ0v) is 23.0. The lowest BCUT2D eigenvalue weighted by atomic mass is 9.94. The SMILES string of the molecule is CC#Cc1cc(-c2cccnc2C(Cc2cc(F)cc(F)c2)NC(=O)Cc2cccc3ccc(OC)cc23)ccc1F. The first-order chi connectivity index (χ1) is 20.3. The van der Waals surface area contributed by atoms with Crippen LogP contribution in [0, 0.1) is 29.3 Å². The van der Waals surface area contributed by atoms with E-state index in [0.717, 1.165) is 22.4 Å². The minimum atomic E-state index is -0.759. The Morgan fingerprint density at radius 2 is 1.76 bits per heavy atom. The van der Waals surface area contributed by atoms with Gasteiger partial charge in [-0.05, 0) is 83.3 Å². The lowest BCUT2D eigenvalue weighted by Gasteiger charge is -2.22. The standard InChI is InChI=1S/C35H27F3N2O2/c1-3-6-26-18-25(11-13-32(26)38)30-9-5-14-39-35(30)33(17-22-15-27(36)20-28(37)16-22)40-34(41)19-24-8-4-7-23-10-12-29(42-2)21-31(23)24/h4-5,7-16,18,20-21,33H,17,19H2,1-2H3,(H,40,41). The lowest BCUT2D eigenvalue weighted by molar-refractivity contribution is -0.121. The molecule has 42 heavy (non-hydrogen) atoms. The second-order valence-electron chi connectivity index (χ2n) is 9.79. The summed E-state index contributed by atoms with van der Waals surface area (Å²) in [5.41, 5.74) is 3.11. The largest absolute Gasteiger partial charge is 0.497 e. The average Bonchev–Trinajstić information content (AvgIpc) is 2.97. The van der Waals surface area contributed by atoms with Crippen LogP contribution < -0.4 is 10.1 Å². The normalized spacial score (nSPS) is 11.5. The van der Waals surface area contributed by atoms with Gasteiger partial charge in [0.2, 0.25) is 5.91 Å². The fraction of sp³-hybridized carbons (Fsp3) is 0.143. The molecule has 0 aliphatic rings. The summed E-state index contributed by atoms with van der Waals surface area (Å²) in [7, 11) is 1.58. The first-order valence-corrected chi connectivity index (χ1v) is 13.3. The summed E-state index contributed by atoms with van der Waals surface area (Å²) in [6, 6.07) is 22.0. The maximum absolute atomic E-state index is 14.4. The van der Waals surface area contributed by atoms with Crippen molar-refractivity contribution < 1.29 is 22.7 Å². The Hall–Kier alpha value is -5.09. The molecule has 0 saturated carbocycles. The minimum absolute atomic E-state index is 0.0491. The summed E-state index contributed by atoms with van der Waals surface area (Å²) in [6.45, 7) is 1.62. The van der Waals surface area contributed by atoms with Crippen molar-refractivity contribution in [3.63, 3.8) is 0 Å². The molecule has 7 heteroatoms. The number of fused-ring (bicyclic) bond motifs is 1. The van der Waals surface area contributed by atoms with E-state index in [9.17, 15) is 18.0 Å². The minimum Gasteiger partial charge on any atom is -0.497 e. The van der Waals surface area contributed by atoms with E-state index in [2.05, 4.69) is 22.1 Å². The quantitative estimate of drug-likeness (QED) is 0.201. The van der Waals surface area contributed by atoms with E-state index >= 15 is 0 Å². The van der Waals surface area contributed by atoms with Gasteiger partial charge in [-0.25, -0.2) is 13.2 Å². The molecule has 4 aromatic carbocycles. The van der Waals surface area contributed by atoms with Crippen LogP contribution in [0.4, 0.5) is 13.2 Å². The van der Waals surface area contributed by atoms with E-state index in [1.807, 2.05) is 36.4 Å². The molecule has 1 amide bonds. The van der Waals surface area contributed by atoms with Gasteiger partial charge in [0.05, 0.1) is 30.8 Å². The number of hydrogen-bond donors (Lipinski definition) is 1. The number of carbonyl (C=O) groups is 1. The van der Waals surface area contributed by atoms with Crippen LogP contribution in [0.2, 0.25) is 0 Å². The molecule has 210 valence electrons. The van der Waals surface area contributed by atoms with Gasteiger partial charge >= 0.3 is 0 Å². The highest BCUT2D eigenvalue weighted by molar-refractivity contribution is 5.91. The number of pyridine rings is 1. The molecular weight excluding hydrogens is 537 g/mol. The monoisotopic (exact) mass is 564 g/mol. The number of amides is 1. The van der Waals surface area contributed by atoms with Gasteiger partial charge < -0.3 is 10.1 Å². The summed E-state index contributed by atoms with van der Waals surface area (Å²) in [5.74, 6) is 3.95. The predicted molar refractivity (Wildman–Crippen MR) is 157 cm³/mol. The van der Waals surface area contributed by atoms with Crippen molar-refractivity contribution in [2.45, 2.75) is 25.8 Å². The van der Waals surface area contributed by atoms with E-state index < -0.39 is 23.5 Å². The second kappa shape index (κ2) is 12.6. The van der Waals surface area contributed by atoms with Crippen molar-refractivity contribution in [1.29, 1.82) is 0 Å². The van der Waals surface area contributed by atoms with E-state index in [-0.39, 0.29) is 24.3 Å². The van der Waals surface area contributed by atoms with Crippen LogP contribution in [0.5, 0.6) is 5.75 Å². The molecule has 0 saturated heterocycles. The molecule has 1 heterocycles. The third-order valence-corrected chi connectivity index (χ3v) is 6.93. The molecule has 4 nitrogen and oxygen atoms in total. The molecule has 1 aromatic heterocycles. The Bertz CT molecular complexity index is 1820. The molecule has 1 unspecified atom stereocenters. The highest BCUT2D eigenvalue weighted by Gasteiger charge is 2.22. The Morgan fingerprint density at radius 1 is 0.952 bits per heavy atom. The highest BCUT2D eigenvalue weighted by Crippen LogP contribution is 2.31. The Morgan fingerprint density at radius 3 is 2.52 bits per heavy atom. The fourth-order valence-electron chi connectivity index (χ4n) is 5.06. The Kier molecular flexibility index (Phi) is 8.54. The van der Waals surface area contributed by atoms with Crippen LogP contribution in [0.25, 0.3) is 21.9 Å². The van der Waals surface area contributed by atoms with Gasteiger partial charge in [0.25, 0.3) is 0 Å². The Labute approximate surface area is 242 Å². The van der Waals surface area contributed by atoms with Gasteiger partial charge in [-0.1, -0.05) is 42.3 Å². The molecule has 0 aliphatic carbocycles. The number of nitrogens with zero attached hydrogens (tertiary/aromatic N) is 1. The second-order valence-corrected chi connectivity index (χ2v) is 9.79. The molecule has 1 atom stereocenters. The van der Waals surface area contributed by atoms with Crippen molar-refractivity contribution in [2.75, 3.05) is 7.11 Å².